The van der Waals surface area contributed by atoms with Crippen LogP contribution < -0.4 is 0 Å². The summed E-state index contributed by atoms with van der Waals surface area (Å²) in [6.45, 7) is 8.22. The summed E-state index contributed by atoms with van der Waals surface area (Å²) in [5, 5.41) is 0. The zero-order chi connectivity index (χ0) is 20.9. The molecule has 9 heteroatoms. The van der Waals surface area contributed by atoms with Gasteiger partial charge in [-0.05, 0) is 26.2 Å². The van der Waals surface area contributed by atoms with Gasteiger partial charge in [-0.3, -0.25) is 14.5 Å². The van der Waals surface area contributed by atoms with E-state index in [1.165, 1.54) is 0 Å². The van der Waals surface area contributed by atoms with Gasteiger partial charge in [0, 0.05) is 38.9 Å². The Morgan fingerprint density at radius 2 is 1.73 bits per heavy atom. The summed E-state index contributed by atoms with van der Waals surface area (Å²) in [5.41, 5.74) is 1.20. The zero-order valence-corrected chi connectivity index (χ0v) is 17.7. The van der Waals surface area contributed by atoms with Crippen LogP contribution in [0, 0.1) is 6.92 Å². The molecule has 0 radical (unpaired) electrons. The normalized spacial score (nSPS) is 23.4. The molecule has 0 aromatic carbocycles. The Bertz CT molecular complexity index is 762. The topological polar surface area (TPSA) is 88.1 Å². The Hall–Kier alpha value is -2.10. The van der Waals surface area contributed by atoms with Crippen molar-refractivity contribution in [2.75, 3.05) is 65.7 Å². The van der Waals surface area contributed by atoms with E-state index in [1.807, 2.05) is 11.8 Å². The van der Waals surface area contributed by atoms with Crippen LogP contribution in [0.15, 0.2) is 6.20 Å². The van der Waals surface area contributed by atoms with Gasteiger partial charge in [0.2, 0.25) is 5.91 Å². The Kier molecular flexibility index (Phi) is 6.91. The summed E-state index contributed by atoms with van der Waals surface area (Å²) in [5.74, 6) is 0.712. The third-order valence-corrected chi connectivity index (χ3v) is 6.11. The van der Waals surface area contributed by atoms with Gasteiger partial charge in [-0.2, -0.15) is 0 Å². The molecule has 1 atom stereocenters. The second kappa shape index (κ2) is 9.80. The van der Waals surface area contributed by atoms with Gasteiger partial charge in [0.1, 0.15) is 0 Å². The molecule has 3 aliphatic rings. The summed E-state index contributed by atoms with van der Waals surface area (Å²) in [6.07, 6.45) is 4.53. The van der Waals surface area contributed by atoms with Gasteiger partial charge >= 0.3 is 0 Å². The molecule has 4 heterocycles. The summed E-state index contributed by atoms with van der Waals surface area (Å²) >= 11 is 0. The maximum absolute atomic E-state index is 13.0. The van der Waals surface area contributed by atoms with Crippen molar-refractivity contribution >= 4 is 11.8 Å². The minimum absolute atomic E-state index is 0.0498. The first-order valence-corrected chi connectivity index (χ1v) is 10.9. The van der Waals surface area contributed by atoms with E-state index in [2.05, 4.69) is 14.9 Å². The first-order chi connectivity index (χ1) is 14.6. The fraction of sp³-hybridized carbons (Fsp3) is 0.714. The number of aryl methyl sites for hydroxylation is 1. The van der Waals surface area contributed by atoms with Gasteiger partial charge < -0.3 is 19.3 Å². The Labute approximate surface area is 177 Å². The van der Waals surface area contributed by atoms with Crippen LogP contribution in [0.2, 0.25) is 0 Å². The van der Waals surface area contributed by atoms with Crippen LogP contribution in [-0.4, -0.2) is 102 Å². The molecule has 0 saturated carbocycles. The van der Waals surface area contributed by atoms with Crippen molar-refractivity contribution in [3.05, 3.63) is 23.3 Å². The highest BCUT2D eigenvalue weighted by atomic mass is 16.5. The number of nitrogens with zero attached hydrogens (tertiary/aromatic N) is 5. The smallest absolute Gasteiger partial charge is 0.257 e. The largest absolute Gasteiger partial charge is 0.379 e. The molecule has 0 spiro atoms. The number of amides is 2. The maximum Gasteiger partial charge on any atom is 0.257 e. The standard InChI is InChI=1S/C21H31N5O4/c1-16-17(21(28)25-8-12-30-13-9-25)14-22-20(23-16)18-4-2-3-5-26(18)19(27)15-24-6-10-29-11-7-24/h14,18H,2-13,15H2,1H3/t18-/m0/s1. The fourth-order valence-corrected chi connectivity index (χ4v) is 4.33. The van der Waals surface area contributed by atoms with Crippen molar-refractivity contribution in [3.63, 3.8) is 0 Å². The summed E-state index contributed by atoms with van der Waals surface area (Å²) in [7, 11) is 0. The minimum atomic E-state index is -0.126. The number of aromatic nitrogens is 2. The van der Waals surface area contributed by atoms with E-state index in [4.69, 9.17) is 9.47 Å². The van der Waals surface area contributed by atoms with Crippen LogP contribution in [-0.2, 0) is 14.3 Å². The number of carbonyl (C=O) groups excluding carboxylic acids is 2. The second-order valence-corrected chi connectivity index (χ2v) is 8.12. The van der Waals surface area contributed by atoms with E-state index in [-0.39, 0.29) is 17.9 Å². The average molecular weight is 418 g/mol. The molecule has 3 fully saturated rings. The Morgan fingerprint density at radius 1 is 1.03 bits per heavy atom. The van der Waals surface area contributed by atoms with E-state index in [9.17, 15) is 9.59 Å². The van der Waals surface area contributed by atoms with Crippen LogP contribution in [0.1, 0.15) is 47.2 Å². The molecule has 0 bridgehead atoms. The zero-order valence-electron chi connectivity index (χ0n) is 17.7. The SMILES string of the molecule is Cc1nc([C@@H]2CCCCN2C(=O)CN2CCOCC2)ncc1C(=O)N1CCOCC1. The van der Waals surface area contributed by atoms with Crippen molar-refractivity contribution in [3.8, 4) is 0 Å². The van der Waals surface area contributed by atoms with Crippen LogP contribution in [0.4, 0.5) is 0 Å². The van der Waals surface area contributed by atoms with Crippen molar-refractivity contribution in [1.82, 2.24) is 24.7 Å². The third kappa shape index (κ3) is 4.79. The summed E-state index contributed by atoms with van der Waals surface area (Å²) < 4.78 is 10.7. The molecule has 4 rings (SSSR count). The van der Waals surface area contributed by atoms with Gasteiger partial charge in [-0.1, -0.05) is 0 Å². The van der Waals surface area contributed by atoms with Gasteiger partial charge in [0.05, 0.1) is 50.3 Å². The molecular formula is C21H31N5O4. The van der Waals surface area contributed by atoms with Crippen LogP contribution >= 0.6 is 0 Å². The van der Waals surface area contributed by atoms with Crippen molar-refractivity contribution in [1.29, 1.82) is 0 Å². The molecule has 1 aromatic heterocycles. The number of hydrogen-bond acceptors (Lipinski definition) is 7. The molecule has 9 nitrogen and oxygen atoms in total. The molecular weight excluding hydrogens is 386 g/mol. The highest BCUT2D eigenvalue weighted by Gasteiger charge is 2.32. The molecule has 0 N–H and O–H groups in total. The minimum Gasteiger partial charge on any atom is -0.379 e. The molecule has 2 amide bonds. The molecule has 164 valence electrons. The molecule has 30 heavy (non-hydrogen) atoms. The van der Waals surface area contributed by atoms with E-state index in [1.54, 1.807) is 11.1 Å². The van der Waals surface area contributed by atoms with Gasteiger partial charge in [-0.25, -0.2) is 9.97 Å². The average Bonchev–Trinajstić information content (AvgIpc) is 2.80. The lowest BCUT2D eigenvalue weighted by atomic mass is 10.0. The quantitative estimate of drug-likeness (QED) is 0.710. The number of hydrogen-bond donors (Lipinski definition) is 0. The Balaban J connectivity index is 1.47. The van der Waals surface area contributed by atoms with E-state index in [0.717, 1.165) is 38.9 Å². The number of carbonyl (C=O) groups is 2. The highest BCUT2D eigenvalue weighted by Crippen LogP contribution is 2.29. The first-order valence-electron chi connectivity index (χ1n) is 10.9. The van der Waals surface area contributed by atoms with E-state index < -0.39 is 0 Å². The molecule has 0 unspecified atom stereocenters. The lowest BCUT2D eigenvalue weighted by Gasteiger charge is -2.37. The second-order valence-electron chi connectivity index (χ2n) is 8.12. The van der Waals surface area contributed by atoms with Gasteiger partial charge in [0.25, 0.3) is 5.91 Å². The van der Waals surface area contributed by atoms with Crippen LogP contribution in [0.25, 0.3) is 0 Å². The van der Waals surface area contributed by atoms with Gasteiger partial charge in [-0.15, -0.1) is 0 Å². The molecule has 0 aliphatic carbocycles. The number of ether oxygens (including phenoxy) is 2. The predicted molar refractivity (Wildman–Crippen MR) is 109 cm³/mol. The predicted octanol–water partition coefficient (Wildman–Crippen LogP) is 0.643. The summed E-state index contributed by atoms with van der Waals surface area (Å²) in [4.78, 5) is 40.9. The maximum atomic E-state index is 13.0. The molecule has 1 aromatic rings. The monoisotopic (exact) mass is 417 g/mol. The van der Waals surface area contributed by atoms with Crippen molar-refractivity contribution in [2.24, 2.45) is 0 Å². The molecule has 3 aliphatic heterocycles. The van der Waals surface area contributed by atoms with Crippen LogP contribution in [0.5, 0.6) is 0 Å². The first kappa shape index (κ1) is 21.1. The number of rotatable bonds is 4. The number of piperidine rings is 1. The number of morpholine rings is 2. The van der Waals surface area contributed by atoms with Crippen molar-refractivity contribution < 1.29 is 19.1 Å². The summed E-state index contributed by atoms with van der Waals surface area (Å²) in [6, 6.07) is -0.126. The van der Waals surface area contributed by atoms with Crippen molar-refractivity contribution in [2.45, 2.75) is 32.2 Å². The van der Waals surface area contributed by atoms with Gasteiger partial charge in [0.15, 0.2) is 5.82 Å². The van der Waals surface area contributed by atoms with E-state index >= 15 is 0 Å². The highest BCUT2D eigenvalue weighted by molar-refractivity contribution is 5.95. The molecule has 3 saturated heterocycles. The van der Waals surface area contributed by atoms with Crippen LogP contribution in [0.3, 0.4) is 0 Å². The van der Waals surface area contributed by atoms with E-state index in [0.29, 0.717) is 63.1 Å². The third-order valence-electron chi connectivity index (χ3n) is 6.11. The number of likely N-dealkylation sites (tertiary alicyclic amines) is 1. The Morgan fingerprint density at radius 3 is 2.43 bits per heavy atom. The lowest BCUT2D eigenvalue weighted by molar-refractivity contribution is -0.137. The fourth-order valence-electron chi connectivity index (χ4n) is 4.33. The lowest BCUT2D eigenvalue weighted by Crippen LogP contribution is -2.47.